The average Bonchev–Trinajstić information content (AvgIpc) is 2.70. The molecule has 166 valence electrons. The lowest BCUT2D eigenvalue weighted by Gasteiger charge is -2.09. The van der Waals surface area contributed by atoms with Gasteiger partial charge in [-0.3, -0.25) is 0 Å². The molecule has 0 aliphatic heterocycles. The molecule has 0 N–H and O–H groups in total. The minimum Gasteiger partial charge on any atom is -0.373 e. The Labute approximate surface area is 175 Å². The highest BCUT2D eigenvalue weighted by molar-refractivity contribution is 7.87. The summed E-state index contributed by atoms with van der Waals surface area (Å²) >= 11 is 0. The zero-order valence-corrected chi connectivity index (χ0v) is 17.8. The van der Waals surface area contributed by atoms with Gasteiger partial charge in [-0.25, -0.2) is 9.97 Å². The van der Waals surface area contributed by atoms with Crippen LogP contribution in [-0.2, 0) is 16.5 Å². The summed E-state index contributed by atoms with van der Waals surface area (Å²) in [5.74, 6) is -0.326. The van der Waals surface area contributed by atoms with Gasteiger partial charge in [0.05, 0.1) is 12.4 Å². The van der Waals surface area contributed by atoms with Gasteiger partial charge in [0.25, 0.3) is 0 Å². The fourth-order valence-electron chi connectivity index (χ4n) is 2.97. The van der Waals surface area contributed by atoms with Gasteiger partial charge in [0.1, 0.15) is 0 Å². The second-order valence-corrected chi connectivity index (χ2v) is 8.69. The zero-order valence-electron chi connectivity index (χ0n) is 17.0. The van der Waals surface area contributed by atoms with Crippen molar-refractivity contribution in [2.75, 3.05) is 0 Å². The quantitative estimate of drug-likeness (QED) is 0.226. The molecule has 0 saturated heterocycles. The van der Waals surface area contributed by atoms with E-state index < -0.39 is 21.4 Å². The van der Waals surface area contributed by atoms with Crippen molar-refractivity contribution in [3.63, 3.8) is 0 Å². The number of alkyl halides is 3. The van der Waals surface area contributed by atoms with Crippen LogP contribution in [0.5, 0.6) is 5.75 Å². The van der Waals surface area contributed by atoms with Crippen LogP contribution in [0.25, 0.3) is 11.4 Å². The molecule has 0 aliphatic rings. The van der Waals surface area contributed by atoms with Crippen molar-refractivity contribution in [1.29, 1.82) is 0 Å². The third-order valence-corrected chi connectivity index (χ3v) is 5.63. The van der Waals surface area contributed by atoms with E-state index in [1.807, 2.05) is 24.3 Å². The van der Waals surface area contributed by atoms with Crippen molar-refractivity contribution in [1.82, 2.24) is 9.97 Å². The van der Waals surface area contributed by atoms with E-state index in [0.717, 1.165) is 25.2 Å². The minimum atomic E-state index is -5.73. The number of unbranched alkanes of at least 4 members (excludes halogenated alkanes) is 7. The molecule has 0 aliphatic carbocycles. The monoisotopic (exact) mass is 444 g/mol. The molecule has 0 bridgehead atoms. The standard InChI is InChI=1S/C21H27F3N2O3S/c1-2-3-4-5-6-7-8-9-10-17-11-13-18(14-12-17)20-25-15-19(16-26-20)29-30(27,28)21(22,23)24/h11-16H,2-10H2,1H3. The van der Waals surface area contributed by atoms with Crippen molar-refractivity contribution < 1.29 is 25.8 Å². The van der Waals surface area contributed by atoms with Gasteiger partial charge in [0.2, 0.25) is 0 Å². The Morgan fingerprint density at radius 2 is 1.40 bits per heavy atom. The number of aromatic nitrogens is 2. The molecule has 2 aromatic rings. The van der Waals surface area contributed by atoms with E-state index in [4.69, 9.17) is 0 Å². The first-order valence-corrected chi connectivity index (χ1v) is 11.6. The Hall–Kier alpha value is -2.16. The van der Waals surface area contributed by atoms with Crippen LogP contribution in [0.1, 0.15) is 63.9 Å². The van der Waals surface area contributed by atoms with Crippen LogP contribution in [0.4, 0.5) is 13.2 Å². The average molecular weight is 445 g/mol. The minimum absolute atomic E-state index is 0.269. The molecular formula is C21H27F3N2O3S. The molecule has 0 fully saturated rings. The topological polar surface area (TPSA) is 69.2 Å². The molecular weight excluding hydrogens is 417 g/mol. The molecule has 9 heteroatoms. The van der Waals surface area contributed by atoms with Gasteiger partial charge in [0.15, 0.2) is 11.6 Å². The highest BCUT2D eigenvalue weighted by atomic mass is 32.2. The summed E-state index contributed by atoms with van der Waals surface area (Å²) in [7, 11) is -5.73. The molecule has 0 amide bonds. The van der Waals surface area contributed by atoms with Gasteiger partial charge in [-0.2, -0.15) is 21.6 Å². The van der Waals surface area contributed by atoms with E-state index in [-0.39, 0.29) is 5.82 Å². The Bertz CT molecular complexity index is 868. The smallest absolute Gasteiger partial charge is 0.373 e. The van der Waals surface area contributed by atoms with Crippen LogP contribution in [0.3, 0.4) is 0 Å². The van der Waals surface area contributed by atoms with Gasteiger partial charge in [0, 0.05) is 5.56 Å². The SMILES string of the molecule is CCCCCCCCCCc1ccc(-c2ncc(OS(=O)(=O)C(F)(F)F)cn2)cc1. The largest absolute Gasteiger partial charge is 0.534 e. The highest BCUT2D eigenvalue weighted by Gasteiger charge is 2.48. The van der Waals surface area contributed by atoms with Crippen molar-refractivity contribution in [3.05, 3.63) is 42.2 Å². The van der Waals surface area contributed by atoms with Crippen molar-refractivity contribution >= 4 is 10.1 Å². The molecule has 0 spiro atoms. The van der Waals surface area contributed by atoms with Gasteiger partial charge in [-0.15, -0.1) is 0 Å². The number of rotatable bonds is 12. The van der Waals surface area contributed by atoms with Crippen LogP contribution in [0, 0.1) is 0 Å². The van der Waals surface area contributed by atoms with E-state index in [2.05, 4.69) is 21.1 Å². The molecule has 0 atom stereocenters. The van der Waals surface area contributed by atoms with Crippen molar-refractivity contribution in [3.8, 4) is 17.1 Å². The maximum atomic E-state index is 12.3. The van der Waals surface area contributed by atoms with Crippen LogP contribution < -0.4 is 4.18 Å². The highest BCUT2D eigenvalue weighted by Crippen LogP contribution is 2.27. The predicted molar refractivity (Wildman–Crippen MR) is 109 cm³/mol. The van der Waals surface area contributed by atoms with Crippen molar-refractivity contribution in [2.24, 2.45) is 0 Å². The summed E-state index contributed by atoms with van der Waals surface area (Å²) in [6.07, 6.45) is 12.9. The zero-order chi connectivity index (χ0) is 22.0. The molecule has 0 unspecified atom stereocenters. The van der Waals surface area contributed by atoms with Gasteiger partial charge in [-0.1, -0.05) is 76.1 Å². The lowest BCUT2D eigenvalue weighted by Crippen LogP contribution is -2.28. The molecule has 5 nitrogen and oxygen atoms in total. The summed E-state index contributed by atoms with van der Waals surface area (Å²) in [5.41, 5.74) is -3.63. The maximum Gasteiger partial charge on any atom is 0.534 e. The van der Waals surface area contributed by atoms with Crippen molar-refractivity contribution in [2.45, 2.75) is 70.2 Å². The summed E-state index contributed by atoms with van der Waals surface area (Å²) in [4.78, 5) is 7.79. The molecule has 1 aromatic carbocycles. The first kappa shape index (κ1) is 24.1. The maximum absolute atomic E-state index is 12.3. The molecule has 0 saturated carbocycles. The Morgan fingerprint density at radius 3 is 1.93 bits per heavy atom. The van der Waals surface area contributed by atoms with Crippen LogP contribution in [0.2, 0.25) is 0 Å². The van der Waals surface area contributed by atoms with E-state index in [9.17, 15) is 21.6 Å². The fraction of sp³-hybridized carbons (Fsp3) is 0.524. The molecule has 1 heterocycles. The predicted octanol–water partition coefficient (Wildman–Crippen LogP) is 6.06. The second kappa shape index (κ2) is 11.3. The first-order valence-electron chi connectivity index (χ1n) is 10.1. The number of hydrogen-bond acceptors (Lipinski definition) is 5. The van der Waals surface area contributed by atoms with E-state index in [1.54, 1.807) is 0 Å². The van der Waals surface area contributed by atoms with Crippen LogP contribution in [-0.4, -0.2) is 23.9 Å². The number of halogens is 3. The lowest BCUT2D eigenvalue weighted by molar-refractivity contribution is -0.0500. The van der Waals surface area contributed by atoms with Crippen LogP contribution >= 0.6 is 0 Å². The third kappa shape index (κ3) is 7.59. The van der Waals surface area contributed by atoms with Gasteiger partial charge >= 0.3 is 15.6 Å². The number of aryl methyl sites for hydroxylation is 1. The number of nitrogens with zero attached hydrogens (tertiary/aromatic N) is 2. The molecule has 1 aromatic heterocycles. The second-order valence-electron chi connectivity index (χ2n) is 7.15. The number of hydrogen-bond donors (Lipinski definition) is 0. The Morgan fingerprint density at radius 1 is 0.867 bits per heavy atom. The summed E-state index contributed by atoms with van der Waals surface area (Å²) in [6, 6.07) is 7.61. The third-order valence-electron chi connectivity index (χ3n) is 4.65. The van der Waals surface area contributed by atoms with Crippen LogP contribution in [0.15, 0.2) is 36.7 Å². The van der Waals surface area contributed by atoms with Gasteiger partial charge in [-0.05, 0) is 18.4 Å². The fourth-order valence-corrected chi connectivity index (χ4v) is 3.40. The summed E-state index contributed by atoms with van der Waals surface area (Å²) < 4.78 is 63.0. The van der Waals surface area contributed by atoms with Gasteiger partial charge < -0.3 is 4.18 Å². The van der Waals surface area contributed by atoms with E-state index in [1.165, 1.54) is 50.5 Å². The van der Waals surface area contributed by atoms with E-state index >= 15 is 0 Å². The molecule has 2 rings (SSSR count). The van der Waals surface area contributed by atoms with E-state index in [0.29, 0.717) is 5.56 Å². The molecule has 30 heavy (non-hydrogen) atoms. The normalized spacial score (nSPS) is 12.1. The Kier molecular flexibility index (Phi) is 9.08. The lowest BCUT2D eigenvalue weighted by atomic mass is 10.0. The number of benzene rings is 1. The summed E-state index contributed by atoms with van der Waals surface area (Å²) in [5, 5.41) is 0. The Balaban J connectivity index is 1.82. The summed E-state index contributed by atoms with van der Waals surface area (Å²) in [6.45, 7) is 2.21. The molecule has 0 radical (unpaired) electrons. The first-order chi connectivity index (χ1) is 14.2.